The Balaban J connectivity index is 2.63. The van der Waals surface area contributed by atoms with Crippen LogP contribution in [0, 0.1) is 11.3 Å². The average Bonchev–Trinajstić information content (AvgIpc) is 2.70. The molecule has 19 heavy (non-hydrogen) atoms. The first-order valence-electron chi connectivity index (χ1n) is 5.65. The lowest BCUT2D eigenvalue weighted by Crippen LogP contribution is -2.18. The molecular weight excluding hydrogens is 328 g/mol. The molecule has 0 atom stereocenters. The molecule has 2 aromatic rings. The summed E-state index contributed by atoms with van der Waals surface area (Å²) in [6.07, 6.45) is 1.49. The molecule has 0 amide bonds. The minimum absolute atomic E-state index is 0.0993. The van der Waals surface area contributed by atoms with Gasteiger partial charge in [0, 0.05) is 11.6 Å². The Morgan fingerprint density at radius 2 is 2.05 bits per heavy atom. The first-order valence-corrected chi connectivity index (χ1v) is 6.82. The van der Waals surface area contributed by atoms with Gasteiger partial charge >= 0.3 is 0 Å². The van der Waals surface area contributed by atoms with Crippen molar-refractivity contribution in [3.63, 3.8) is 0 Å². The number of rotatable bonds is 1. The second kappa shape index (κ2) is 4.95. The lowest BCUT2D eigenvalue weighted by atomic mass is 9.92. The molecule has 0 aromatic carbocycles. The lowest BCUT2D eigenvalue weighted by molar-refractivity contribution is 0.541. The molecule has 0 unspecified atom stereocenters. The zero-order valence-corrected chi connectivity index (χ0v) is 13.1. The molecule has 0 aliphatic carbocycles. The van der Waals surface area contributed by atoms with E-state index in [1.165, 1.54) is 6.20 Å². The second-order valence-corrected chi connectivity index (χ2v) is 6.38. The van der Waals surface area contributed by atoms with Gasteiger partial charge in [-0.15, -0.1) is 0 Å². The molecule has 0 aliphatic rings. The Bertz CT molecular complexity index is 664. The highest BCUT2D eigenvalue weighted by molar-refractivity contribution is 9.10. The van der Waals surface area contributed by atoms with Crippen LogP contribution in [-0.2, 0) is 5.41 Å². The van der Waals surface area contributed by atoms with Crippen LogP contribution >= 0.6 is 27.5 Å². The molecule has 98 valence electrons. The molecule has 0 radical (unpaired) electrons. The van der Waals surface area contributed by atoms with Crippen LogP contribution in [0.5, 0.6) is 0 Å². The highest BCUT2D eigenvalue weighted by Crippen LogP contribution is 2.29. The van der Waals surface area contributed by atoms with Crippen LogP contribution in [0.2, 0.25) is 5.02 Å². The second-order valence-electron chi connectivity index (χ2n) is 5.16. The fraction of sp³-hybridized carbons (Fsp3) is 0.308. The van der Waals surface area contributed by atoms with Crippen molar-refractivity contribution < 1.29 is 0 Å². The molecule has 0 N–H and O–H groups in total. The Kier molecular flexibility index (Phi) is 3.66. The fourth-order valence-corrected chi connectivity index (χ4v) is 2.32. The average molecular weight is 340 g/mol. The standard InChI is InChI=1S/C13H12BrClN4/c1-13(2,3)10-5-11(14)18-19(10)12-9(15)4-8(6-16)7-17-12/h4-5,7H,1-3H3. The van der Waals surface area contributed by atoms with Crippen LogP contribution in [0.1, 0.15) is 32.0 Å². The summed E-state index contributed by atoms with van der Waals surface area (Å²) in [5.41, 5.74) is 1.31. The van der Waals surface area contributed by atoms with Crippen molar-refractivity contribution in [2.45, 2.75) is 26.2 Å². The number of halogens is 2. The molecule has 0 saturated carbocycles. The predicted octanol–water partition coefficient (Wildman–Crippen LogP) is 3.85. The van der Waals surface area contributed by atoms with E-state index >= 15 is 0 Å². The molecule has 0 spiro atoms. The predicted molar refractivity (Wildman–Crippen MR) is 77.5 cm³/mol. The monoisotopic (exact) mass is 338 g/mol. The van der Waals surface area contributed by atoms with Crippen molar-refractivity contribution in [3.8, 4) is 11.9 Å². The van der Waals surface area contributed by atoms with E-state index in [0.29, 0.717) is 16.4 Å². The lowest BCUT2D eigenvalue weighted by Gasteiger charge is -2.20. The minimum atomic E-state index is -0.0993. The number of nitrogens with zero attached hydrogens (tertiary/aromatic N) is 4. The van der Waals surface area contributed by atoms with Gasteiger partial charge in [0.25, 0.3) is 0 Å². The van der Waals surface area contributed by atoms with Gasteiger partial charge in [-0.25, -0.2) is 9.67 Å². The van der Waals surface area contributed by atoms with Crippen LogP contribution in [-0.4, -0.2) is 14.8 Å². The van der Waals surface area contributed by atoms with Gasteiger partial charge in [-0.05, 0) is 28.1 Å². The Morgan fingerprint density at radius 1 is 1.37 bits per heavy atom. The zero-order valence-electron chi connectivity index (χ0n) is 10.8. The van der Waals surface area contributed by atoms with Crippen molar-refractivity contribution in [3.05, 3.63) is 39.2 Å². The maximum Gasteiger partial charge on any atom is 0.172 e. The number of hydrogen-bond acceptors (Lipinski definition) is 3. The number of pyridine rings is 1. The first kappa shape index (κ1) is 14.0. The maximum atomic E-state index is 8.83. The van der Waals surface area contributed by atoms with E-state index in [0.717, 1.165) is 10.3 Å². The van der Waals surface area contributed by atoms with Crippen molar-refractivity contribution >= 4 is 27.5 Å². The summed E-state index contributed by atoms with van der Waals surface area (Å²) in [6.45, 7) is 6.26. The largest absolute Gasteiger partial charge is 0.234 e. The summed E-state index contributed by atoms with van der Waals surface area (Å²) in [5.74, 6) is 0.524. The quantitative estimate of drug-likeness (QED) is 0.793. The SMILES string of the molecule is CC(C)(C)c1cc(Br)nn1-c1ncc(C#N)cc1Cl. The van der Waals surface area contributed by atoms with E-state index in [9.17, 15) is 0 Å². The Hall–Kier alpha value is -1.38. The number of aromatic nitrogens is 3. The summed E-state index contributed by atoms with van der Waals surface area (Å²) < 4.78 is 2.42. The number of hydrogen-bond donors (Lipinski definition) is 0. The third-order valence-corrected chi connectivity index (χ3v) is 3.27. The summed E-state index contributed by atoms with van der Waals surface area (Å²) >= 11 is 9.55. The van der Waals surface area contributed by atoms with E-state index in [2.05, 4.69) is 46.8 Å². The smallest absolute Gasteiger partial charge is 0.172 e. The van der Waals surface area contributed by atoms with Crippen LogP contribution < -0.4 is 0 Å². The van der Waals surface area contributed by atoms with Gasteiger partial charge in [0.2, 0.25) is 0 Å². The van der Waals surface area contributed by atoms with Gasteiger partial charge in [-0.3, -0.25) is 0 Å². The van der Waals surface area contributed by atoms with Gasteiger partial charge in [-0.1, -0.05) is 32.4 Å². The van der Waals surface area contributed by atoms with Crippen molar-refractivity contribution in [2.24, 2.45) is 0 Å². The van der Waals surface area contributed by atoms with Gasteiger partial charge in [0.15, 0.2) is 5.82 Å². The molecule has 2 rings (SSSR count). The van der Waals surface area contributed by atoms with E-state index in [4.69, 9.17) is 16.9 Å². The topological polar surface area (TPSA) is 54.5 Å². The Morgan fingerprint density at radius 3 is 2.58 bits per heavy atom. The normalized spacial score (nSPS) is 11.4. The first-order chi connectivity index (χ1) is 8.82. The number of nitriles is 1. The molecule has 6 heteroatoms. The minimum Gasteiger partial charge on any atom is -0.234 e. The molecule has 0 fully saturated rings. The van der Waals surface area contributed by atoms with E-state index in [-0.39, 0.29) is 5.41 Å². The summed E-state index contributed by atoms with van der Waals surface area (Å²) in [6, 6.07) is 5.54. The zero-order chi connectivity index (χ0) is 14.2. The van der Waals surface area contributed by atoms with Gasteiger partial charge in [0.1, 0.15) is 10.7 Å². The molecule has 0 aliphatic heterocycles. The fourth-order valence-electron chi connectivity index (χ4n) is 1.70. The summed E-state index contributed by atoms with van der Waals surface area (Å²) in [5, 5.41) is 13.6. The molecule has 0 bridgehead atoms. The molecule has 2 heterocycles. The van der Waals surface area contributed by atoms with Crippen LogP contribution in [0.4, 0.5) is 0 Å². The van der Waals surface area contributed by atoms with Crippen LogP contribution in [0.3, 0.4) is 0 Å². The van der Waals surface area contributed by atoms with E-state index < -0.39 is 0 Å². The van der Waals surface area contributed by atoms with Gasteiger partial charge < -0.3 is 0 Å². The molecule has 2 aromatic heterocycles. The van der Waals surface area contributed by atoms with Crippen molar-refractivity contribution in [2.75, 3.05) is 0 Å². The van der Waals surface area contributed by atoms with Crippen molar-refractivity contribution in [1.29, 1.82) is 5.26 Å². The third-order valence-electron chi connectivity index (χ3n) is 2.60. The van der Waals surface area contributed by atoms with Crippen LogP contribution in [0.25, 0.3) is 5.82 Å². The van der Waals surface area contributed by atoms with E-state index in [1.54, 1.807) is 10.7 Å². The summed E-state index contributed by atoms with van der Waals surface area (Å²) in [4.78, 5) is 4.23. The van der Waals surface area contributed by atoms with E-state index in [1.807, 2.05) is 12.1 Å². The highest BCUT2D eigenvalue weighted by atomic mass is 79.9. The van der Waals surface area contributed by atoms with Crippen molar-refractivity contribution in [1.82, 2.24) is 14.8 Å². The van der Waals surface area contributed by atoms with Gasteiger partial charge in [-0.2, -0.15) is 10.4 Å². The molecule has 4 nitrogen and oxygen atoms in total. The third kappa shape index (κ3) is 2.80. The van der Waals surface area contributed by atoms with Gasteiger partial charge in [0.05, 0.1) is 16.3 Å². The molecule has 0 saturated heterocycles. The Labute approximate surface area is 125 Å². The summed E-state index contributed by atoms with van der Waals surface area (Å²) in [7, 11) is 0. The molecular formula is C13H12BrClN4. The highest BCUT2D eigenvalue weighted by Gasteiger charge is 2.23. The maximum absolute atomic E-state index is 8.83. The van der Waals surface area contributed by atoms with Crippen LogP contribution in [0.15, 0.2) is 22.9 Å².